The fraction of sp³-hybridized carbons (Fsp3) is 0.462. The highest BCUT2D eigenvalue weighted by atomic mass is 16.5. The number of hydrogen-bond acceptors (Lipinski definition) is 5. The number of benzene rings is 1. The molecule has 18 heavy (non-hydrogen) atoms. The van der Waals surface area contributed by atoms with Crippen LogP contribution in [-0.2, 0) is 4.74 Å². The molecule has 1 aromatic rings. The first kappa shape index (κ1) is 12.7. The molecule has 0 amide bonds. The molecular formula is C13H18N4O. The molecule has 1 aliphatic rings. The molecule has 0 bridgehead atoms. The summed E-state index contributed by atoms with van der Waals surface area (Å²) in [4.78, 5) is 2.35. The van der Waals surface area contributed by atoms with E-state index in [9.17, 15) is 0 Å². The van der Waals surface area contributed by atoms with E-state index in [4.69, 9.17) is 15.7 Å². The number of nitriles is 1. The molecule has 0 radical (unpaired) electrons. The Balaban J connectivity index is 1.84. The van der Waals surface area contributed by atoms with Crippen LogP contribution in [0.15, 0.2) is 18.2 Å². The van der Waals surface area contributed by atoms with Crippen LogP contribution in [0.25, 0.3) is 0 Å². The molecule has 3 N–H and O–H groups in total. The number of nitrogens with zero attached hydrogens (tertiary/aromatic N) is 2. The van der Waals surface area contributed by atoms with Gasteiger partial charge in [-0.3, -0.25) is 4.90 Å². The molecule has 1 saturated heterocycles. The number of nitrogen functional groups attached to an aromatic ring is 1. The maximum absolute atomic E-state index is 9.02. The zero-order valence-electron chi connectivity index (χ0n) is 10.4. The number of ether oxygens (including phenoxy) is 1. The standard InChI is InChI=1S/C13H18N4O/c14-10-11-9-12(15)1-2-13(11)16-3-4-17-5-7-18-8-6-17/h1-2,9,16H,3-8,15H2. The molecule has 1 fully saturated rings. The van der Waals surface area contributed by atoms with Crippen molar-refractivity contribution in [2.75, 3.05) is 50.4 Å². The summed E-state index contributed by atoms with van der Waals surface area (Å²) < 4.78 is 5.29. The normalized spacial score (nSPS) is 16.2. The van der Waals surface area contributed by atoms with Crippen molar-refractivity contribution in [3.63, 3.8) is 0 Å². The summed E-state index contributed by atoms with van der Waals surface area (Å²) in [7, 11) is 0. The number of hydrogen-bond donors (Lipinski definition) is 2. The van der Waals surface area contributed by atoms with Crippen molar-refractivity contribution >= 4 is 11.4 Å². The van der Waals surface area contributed by atoms with E-state index >= 15 is 0 Å². The summed E-state index contributed by atoms with van der Waals surface area (Å²) in [6.45, 7) is 5.36. The molecule has 1 heterocycles. The Bertz CT molecular complexity index is 435. The molecule has 0 atom stereocenters. The summed E-state index contributed by atoms with van der Waals surface area (Å²) in [6.07, 6.45) is 0. The quantitative estimate of drug-likeness (QED) is 0.772. The number of nitrogens with two attached hydrogens (primary N) is 1. The first-order valence-electron chi connectivity index (χ1n) is 6.13. The van der Waals surface area contributed by atoms with Gasteiger partial charge in [-0.05, 0) is 18.2 Å². The average molecular weight is 246 g/mol. The van der Waals surface area contributed by atoms with Gasteiger partial charge in [-0.15, -0.1) is 0 Å². The molecule has 96 valence electrons. The molecule has 0 spiro atoms. The summed E-state index contributed by atoms with van der Waals surface area (Å²) >= 11 is 0. The van der Waals surface area contributed by atoms with E-state index < -0.39 is 0 Å². The highest BCUT2D eigenvalue weighted by Crippen LogP contribution is 2.17. The lowest BCUT2D eigenvalue weighted by molar-refractivity contribution is 0.0398. The minimum atomic E-state index is 0.594. The lowest BCUT2D eigenvalue weighted by Gasteiger charge is -2.26. The van der Waals surface area contributed by atoms with Gasteiger partial charge in [0.25, 0.3) is 0 Å². The molecule has 0 aliphatic carbocycles. The summed E-state index contributed by atoms with van der Waals surface area (Å²) in [6, 6.07) is 7.50. The minimum absolute atomic E-state index is 0.594. The largest absolute Gasteiger partial charge is 0.399 e. The predicted octanol–water partition coefficient (Wildman–Crippen LogP) is 0.885. The smallest absolute Gasteiger partial charge is 0.101 e. The van der Waals surface area contributed by atoms with Crippen molar-refractivity contribution in [3.05, 3.63) is 23.8 Å². The second-order valence-electron chi connectivity index (χ2n) is 4.30. The van der Waals surface area contributed by atoms with Crippen LogP contribution in [0.2, 0.25) is 0 Å². The second kappa shape index (κ2) is 6.24. The Kier molecular flexibility index (Phi) is 4.40. The monoisotopic (exact) mass is 246 g/mol. The van der Waals surface area contributed by atoms with E-state index in [0.717, 1.165) is 45.1 Å². The Morgan fingerprint density at radius 1 is 1.39 bits per heavy atom. The van der Waals surface area contributed by atoms with Crippen molar-refractivity contribution in [3.8, 4) is 6.07 Å². The van der Waals surface area contributed by atoms with Gasteiger partial charge >= 0.3 is 0 Å². The average Bonchev–Trinajstić information content (AvgIpc) is 2.41. The molecule has 0 unspecified atom stereocenters. The first-order valence-corrected chi connectivity index (χ1v) is 6.13. The van der Waals surface area contributed by atoms with Gasteiger partial charge in [0, 0.05) is 31.9 Å². The summed E-state index contributed by atoms with van der Waals surface area (Å²) in [5, 5.41) is 12.3. The topological polar surface area (TPSA) is 74.3 Å². The van der Waals surface area contributed by atoms with Gasteiger partial charge in [0.2, 0.25) is 0 Å². The number of rotatable bonds is 4. The lowest BCUT2D eigenvalue weighted by Crippen LogP contribution is -2.39. The fourth-order valence-corrected chi connectivity index (χ4v) is 1.98. The maximum atomic E-state index is 9.02. The lowest BCUT2D eigenvalue weighted by atomic mass is 10.1. The van der Waals surface area contributed by atoms with Crippen LogP contribution in [0, 0.1) is 11.3 Å². The van der Waals surface area contributed by atoms with Crippen LogP contribution in [0.5, 0.6) is 0 Å². The third-order valence-electron chi connectivity index (χ3n) is 3.01. The minimum Gasteiger partial charge on any atom is -0.399 e. The Morgan fingerprint density at radius 3 is 2.89 bits per heavy atom. The van der Waals surface area contributed by atoms with E-state index in [2.05, 4.69) is 16.3 Å². The van der Waals surface area contributed by atoms with E-state index in [1.54, 1.807) is 12.1 Å². The Labute approximate surface area is 107 Å². The number of morpholine rings is 1. The second-order valence-corrected chi connectivity index (χ2v) is 4.30. The highest BCUT2D eigenvalue weighted by molar-refractivity contribution is 5.62. The van der Waals surface area contributed by atoms with E-state index in [1.807, 2.05) is 6.07 Å². The van der Waals surface area contributed by atoms with Crippen molar-refractivity contribution in [1.29, 1.82) is 5.26 Å². The molecule has 1 aliphatic heterocycles. The van der Waals surface area contributed by atoms with Crippen molar-refractivity contribution < 1.29 is 4.74 Å². The van der Waals surface area contributed by atoms with Crippen molar-refractivity contribution in [2.45, 2.75) is 0 Å². The van der Waals surface area contributed by atoms with E-state index in [1.165, 1.54) is 0 Å². The van der Waals surface area contributed by atoms with E-state index in [0.29, 0.717) is 11.3 Å². The Morgan fingerprint density at radius 2 is 2.17 bits per heavy atom. The predicted molar refractivity (Wildman–Crippen MR) is 71.3 cm³/mol. The van der Waals surface area contributed by atoms with Crippen LogP contribution in [0.3, 0.4) is 0 Å². The number of anilines is 2. The molecular weight excluding hydrogens is 228 g/mol. The van der Waals surface area contributed by atoms with Crippen molar-refractivity contribution in [2.24, 2.45) is 0 Å². The molecule has 5 nitrogen and oxygen atoms in total. The van der Waals surface area contributed by atoms with Crippen LogP contribution in [0.4, 0.5) is 11.4 Å². The summed E-state index contributed by atoms with van der Waals surface area (Å²) in [5.41, 5.74) is 7.71. The van der Waals surface area contributed by atoms with Crippen molar-refractivity contribution in [1.82, 2.24) is 4.90 Å². The van der Waals surface area contributed by atoms with Gasteiger partial charge in [0.05, 0.1) is 24.5 Å². The van der Waals surface area contributed by atoms with Gasteiger partial charge in [-0.2, -0.15) is 5.26 Å². The molecule has 5 heteroatoms. The molecule has 2 rings (SSSR count). The SMILES string of the molecule is N#Cc1cc(N)ccc1NCCN1CCOCC1. The van der Waals surface area contributed by atoms with Crippen LogP contribution < -0.4 is 11.1 Å². The van der Waals surface area contributed by atoms with Gasteiger partial charge < -0.3 is 15.8 Å². The van der Waals surface area contributed by atoms with Gasteiger partial charge in [-0.25, -0.2) is 0 Å². The Hall–Kier alpha value is -1.77. The third kappa shape index (κ3) is 3.36. The van der Waals surface area contributed by atoms with Crippen LogP contribution >= 0.6 is 0 Å². The van der Waals surface area contributed by atoms with Crippen LogP contribution in [0.1, 0.15) is 5.56 Å². The third-order valence-corrected chi connectivity index (χ3v) is 3.01. The summed E-state index contributed by atoms with van der Waals surface area (Å²) in [5.74, 6) is 0. The zero-order chi connectivity index (χ0) is 12.8. The maximum Gasteiger partial charge on any atom is 0.101 e. The zero-order valence-corrected chi connectivity index (χ0v) is 10.4. The van der Waals surface area contributed by atoms with Gasteiger partial charge in [-0.1, -0.05) is 0 Å². The molecule has 1 aromatic carbocycles. The fourth-order valence-electron chi connectivity index (χ4n) is 1.98. The number of nitrogens with one attached hydrogen (secondary N) is 1. The molecule has 0 saturated carbocycles. The first-order chi connectivity index (χ1) is 8.79. The van der Waals surface area contributed by atoms with Crippen LogP contribution in [-0.4, -0.2) is 44.3 Å². The van der Waals surface area contributed by atoms with E-state index in [-0.39, 0.29) is 0 Å². The highest BCUT2D eigenvalue weighted by Gasteiger charge is 2.09. The van der Waals surface area contributed by atoms with Gasteiger partial charge in [0.1, 0.15) is 6.07 Å². The molecule has 0 aromatic heterocycles. The van der Waals surface area contributed by atoms with Gasteiger partial charge in [0.15, 0.2) is 0 Å².